The zero-order valence-corrected chi connectivity index (χ0v) is 32.2. The summed E-state index contributed by atoms with van der Waals surface area (Å²) in [5.74, 6) is -1.38. The Kier molecular flexibility index (Phi) is 16.7. The predicted octanol–water partition coefficient (Wildman–Crippen LogP) is 3.54. The normalized spacial score (nSPS) is 27.9. The Balaban J connectivity index is 0.000000320. The molecule has 2 heterocycles. The van der Waals surface area contributed by atoms with Gasteiger partial charge in [0.05, 0.1) is 12.7 Å². The second-order valence-electron chi connectivity index (χ2n) is 13.8. The minimum atomic E-state index is -1.27. The highest BCUT2D eigenvalue weighted by molar-refractivity contribution is 5.68. The molecule has 2 aromatic carbocycles. The molecule has 54 heavy (non-hydrogen) atoms. The number of hydrogen-bond donors (Lipinski definition) is 3. The second-order valence-corrected chi connectivity index (χ2v) is 13.8. The molecule has 0 aliphatic carbocycles. The van der Waals surface area contributed by atoms with E-state index in [1.54, 1.807) is 19.1 Å². The first-order chi connectivity index (χ1) is 25.4. The van der Waals surface area contributed by atoms with Crippen LogP contribution in [0.1, 0.15) is 85.3 Å². The van der Waals surface area contributed by atoms with Crippen LogP contribution in [0.15, 0.2) is 48.5 Å². The van der Waals surface area contributed by atoms with Crippen LogP contribution < -0.4 is 9.47 Å². The monoisotopic (exact) mass is 762 g/mol. The van der Waals surface area contributed by atoms with Crippen molar-refractivity contribution in [2.75, 3.05) is 13.2 Å². The van der Waals surface area contributed by atoms with Gasteiger partial charge in [0.25, 0.3) is 0 Å². The van der Waals surface area contributed by atoms with E-state index in [2.05, 4.69) is 27.7 Å². The highest BCUT2D eigenvalue weighted by Crippen LogP contribution is 2.32. The van der Waals surface area contributed by atoms with Gasteiger partial charge < -0.3 is 53.2 Å². The summed E-state index contributed by atoms with van der Waals surface area (Å²) in [6.45, 7) is 14.1. The Labute approximate surface area is 315 Å². The lowest BCUT2D eigenvalue weighted by Crippen LogP contribution is -2.63. The van der Waals surface area contributed by atoms with Crippen LogP contribution in [0.3, 0.4) is 0 Å². The molecule has 4 rings (SSSR count). The van der Waals surface area contributed by atoms with E-state index in [-0.39, 0.29) is 13.2 Å². The first-order valence-electron chi connectivity index (χ1n) is 17.9. The molecule has 2 saturated heterocycles. The fourth-order valence-corrected chi connectivity index (χ4v) is 5.78. The Hall–Kier alpha value is -4.28. The second kappa shape index (κ2) is 20.4. The van der Waals surface area contributed by atoms with Crippen molar-refractivity contribution < 1.29 is 72.4 Å². The summed E-state index contributed by atoms with van der Waals surface area (Å²) in [6.07, 6.45) is -9.59. The molecule has 2 aliphatic rings. The number of hydrogen-bond acceptors (Lipinski definition) is 15. The summed E-state index contributed by atoms with van der Waals surface area (Å²) in [4.78, 5) is 46.8. The van der Waals surface area contributed by atoms with Crippen LogP contribution in [0.4, 0.5) is 0 Å². The summed E-state index contributed by atoms with van der Waals surface area (Å²) in [7, 11) is 0. The number of carbonyl (C=O) groups excluding carboxylic acids is 4. The van der Waals surface area contributed by atoms with Crippen molar-refractivity contribution in [2.45, 2.75) is 129 Å². The maximum Gasteiger partial charge on any atom is 0.303 e. The molecule has 4 unspecified atom stereocenters. The van der Waals surface area contributed by atoms with Crippen LogP contribution in [0.2, 0.25) is 0 Å². The van der Waals surface area contributed by atoms with Gasteiger partial charge in [-0.25, -0.2) is 0 Å². The zero-order chi connectivity index (χ0) is 40.3. The molecule has 300 valence electrons. The molecule has 0 aromatic heterocycles. The average molecular weight is 763 g/mol. The zero-order valence-electron chi connectivity index (χ0n) is 32.2. The van der Waals surface area contributed by atoms with Crippen molar-refractivity contribution in [1.29, 1.82) is 0 Å². The highest BCUT2D eigenvalue weighted by atomic mass is 16.7. The lowest BCUT2D eigenvalue weighted by molar-refractivity contribution is -0.288. The van der Waals surface area contributed by atoms with Gasteiger partial charge in [0.1, 0.15) is 36.4 Å². The molecule has 0 bridgehead atoms. The van der Waals surface area contributed by atoms with E-state index in [4.69, 9.17) is 37.9 Å². The predicted molar refractivity (Wildman–Crippen MR) is 191 cm³/mol. The number of aliphatic hydroxyl groups is 3. The van der Waals surface area contributed by atoms with Gasteiger partial charge in [-0.1, -0.05) is 58.9 Å². The van der Waals surface area contributed by atoms with E-state index in [0.29, 0.717) is 23.3 Å². The van der Waals surface area contributed by atoms with Crippen molar-refractivity contribution in [3.05, 3.63) is 59.7 Å². The third-order valence-electron chi connectivity index (χ3n) is 8.77. The minimum absolute atomic E-state index is 0.310. The van der Waals surface area contributed by atoms with Crippen molar-refractivity contribution in [3.8, 4) is 11.5 Å². The number of esters is 4. The first-order valence-corrected chi connectivity index (χ1v) is 17.9. The van der Waals surface area contributed by atoms with E-state index < -0.39 is 85.1 Å². The fraction of sp³-hybridized carbons (Fsp3) is 0.590. The molecule has 3 N–H and O–H groups in total. The summed E-state index contributed by atoms with van der Waals surface area (Å²) in [6, 6.07) is 14.8. The van der Waals surface area contributed by atoms with Crippen molar-refractivity contribution >= 4 is 23.9 Å². The first kappa shape index (κ1) is 44.1. The van der Waals surface area contributed by atoms with Gasteiger partial charge in [0.15, 0.2) is 12.2 Å². The largest absolute Gasteiger partial charge is 0.463 e. The van der Waals surface area contributed by atoms with E-state index in [0.717, 1.165) is 19.4 Å². The molecular weight excluding hydrogens is 708 g/mol. The molecule has 10 atom stereocenters. The van der Waals surface area contributed by atoms with Gasteiger partial charge in [-0.3, -0.25) is 19.2 Å². The Morgan fingerprint density at radius 3 is 1.46 bits per heavy atom. The average Bonchev–Trinajstić information content (AvgIpc) is 3.10. The van der Waals surface area contributed by atoms with E-state index in [1.165, 1.54) is 19.4 Å². The Morgan fingerprint density at radius 1 is 0.611 bits per heavy atom. The molecule has 2 fully saturated rings. The van der Waals surface area contributed by atoms with Crippen molar-refractivity contribution in [2.24, 2.45) is 5.92 Å². The number of aliphatic hydroxyl groups excluding tert-OH is 3. The standard InChI is InChI=1S/C23H30O10.C16H24O5/c1-12(2)17-7-9-18(10-8-17)32-23-22(31-16(6)27)21(30-15(5)26)20(29-14(4)25)19(33-23)11-28-13(3)24;1-9(2)11-4-6-12(7-5-11)20-16-15(19)10(3)14(18)13(8-17)21-16/h7-10,12,19-23H,11H2,1-6H3;4-7,9-10,13-19H,8H2,1-3H3/t19?,20-,21+,22?,23+;10-,13?,14-,15?,16-/m10/s1. The lowest BCUT2D eigenvalue weighted by Gasteiger charge is -2.43. The minimum Gasteiger partial charge on any atom is -0.463 e. The maximum atomic E-state index is 11.8. The smallest absolute Gasteiger partial charge is 0.303 e. The Morgan fingerprint density at radius 2 is 1.04 bits per heavy atom. The molecule has 2 aromatic rings. The summed E-state index contributed by atoms with van der Waals surface area (Å²) < 4.78 is 44.1. The van der Waals surface area contributed by atoms with Crippen molar-refractivity contribution in [3.63, 3.8) is 0 Å². The van der Waals surface area contributed by atoms with Gasteiger partial charge in [-0.2, -0.15) is 0 Å². The number of rotatable bonds is 12. The van der Waals surface area contributed by atoms with Gasteiger partial charge >= 0.3 is 23.9 Å². The fourth-order valence-electron chi connectivity index (χ4n) is 5.78. The van der Waals surface area contributed by atoms with Gasteiger partial charge in [0.2, 0.25) is 18.7 Å². The van der Waals surface area contributed by atoms with E-state index >= 15 is 0 Å². The molecule has 0 radical (unpaired) electrons. The SMILES string of the molecule is CC(=O)OCC1O[C@H](Oc2ccc(C(C)C)cc2)C(OC(C)=O)[C@@H](OC(C)=O)[C@@H]1OC(C)=O.CC(C)c1ccc(O[C@H]2OC(CO)[C@@H](O)[C@H](C)C2O)cc1. The lowest BCUT2D eigenvalue weighted by atomic mass is 9.91. The van der Waals surface area contributed by atoms with Crippen LogP contribution in [0.25, 0.3) is 0 Å². The molecule has 0 amide bonds. The van der Waals surface area contributed by atoms with E-state index in [1.807, 2.05) is 36.4 Å². The quantitative estimate of drug-likeness (QED) is 0.209. The molecule has 15 nitrogen and oxygen atoms in total. The molecule has 0 saturated carbocycles. The molecule has 15 heteroatoms. The number of benzene rings is 2. The maximum absolute atomic E-state index is 11.8. The van der Waals surface area contributed by atoms with Crippen molar-refractivity contribution in [1.82, 2.24) is 0 Å². The van der Waals surface area contributed by atoms with E-state index in [9.17, 15) is 34.5 Å². The van der Waals surface area contributed by atoms with Gasteiger partial charge in [-0.15, -0.1) is 0 Å². The topological polar surface area (TPSA) is 203 Å². The van der Waals surface area contributed by atoms with Crippen LogP contribution >= 0.6 is 0 Å². The molecule has 0 spiro atoms. The third kappa shape index (κ3) is 12.7. The van der Waals surface area contributed by atoms with Crippen LogP contribution in [0.5, 0.6) is 11.5 Å². The number of ether oxygens (including phenoxy) is 8. The number of carbonyl (C=O) groups is 4. The highest BCUT2D eigenvalue weighted by Gasteiger charge is 2.53. The van der Waals surface area contributed by atoms with Gasteiger partial charge in [-0.05, 0) is 47.2 Å². The van der Waals surface area contributed by atoms with Gasteiger partial charge in [0, 0.05) is 33.6 Å². The van der Waals surface area contributed by atoms with Crippen LogP contribution in [-0.4, -0.2) is 108 Å². The third-order valence-corrected chi connectivity index (χ3v) is 8.77. The summed E-state index contributed by atoms with van der Waals surface area (Å²) >= 11 is 0. The molecular formula is C39H54O15. The van der Waals surface area contributed by atoms with Crippen LogP contribution in [0, 0.1) is 5.92 Å². The summed E-state index contributed by atoms with van der Waals surface area (Å²) in [5, 5.41) is 29.2. The summed E-state index contributed by atoms with van der Waals surface area (Å²) in [5.41, 5.74) is 2.29. The molecule has 2 aliphatic heterocycles. The Bertz CT molecular complexity index is 1510. The van der Waals surface area contributed by atoms with Crippen LogP contribution in [-0.2, 0) is 47.6 Å².